The van der Waals surface area contributed by atoms with Gasteiger partial charge in [-0.2, -0.15) is 4.73 Å². The first-order valence-corrected chi connectivity index (χ1v) is 7.53. The lowest BCUT2D eigenvalue weighted by Gasteiger charge is -2.09. The standard InChI is InChI=1S/C14H15NO3S/c1-11-6-3-4-8-13(11)10-19(17,18)14-12(2)7-5-9-15(14)16/h3-9H,10H2,1-2H3. The molecule has 0 amide bonds. The molecule has 0 fully saturated rings. The van der Waals surface area contributed by atoms with Gasteiger partial charge in [0.15, 0.2) is 6.20 Å². The zero-order valence-electron chi connectivity index (χ0n) is 10.8. The lowest BCUT2D eigenvalue weighted by atomic mass is 10.1. The Bertz CT molecular complexity index is 688. The summed E-state index contributed by atoms with van der Waals surface area (Å²) in [6.07, 6.45) is 1.21. The summed E-state index contributed by atoms with van der Waals surface area (Å²) in [6, 6.07) is 10.4. The molecule has 0 N–H and O–H groups in total. The average Bonchev–Trinajstić information content (AvgIpc) is 2.31. The Morgan fingerprint density at radius 1 is 1.05 bits per heavy atom. The molecule has 2 rings (SSSR count). The SMILES string of the molecule is Cc1ccccc1CS(=O)(=O)c1c(C)ccc[n+]1[O-]. The molecule has 5 heteroatoms. The third-order valence-corrected chi connectivity index (χ3v) is 4.79. The third kappa shape index (κ3) is 2.76. The molecule has 0 aliphatic carbocycles. The fourth-order valence-corrected chi connectivity index (χ4v) is 3.77. The van der Waals surface area contributed by atoms with E-state index in [1.165, 1.54) is 12.3 Å². The minimum atomic E-state index is -3.65. The lowest BCUT2D eigenvalue weighted by molar-refractivity contribution is -0.647. The van der Waals surface area contributed by atoms with Gasteiger partial charge in [-0.1, -0.05) is 24.3 Å². The summed E-state index contributed by atoms with van der Waals surface area (Å²) >= 11 is 0. The highest BCUT2D eigenvalue weighted by molar-refractivity contribution is 7.90. The van der Waals surface area contributed by atoms with Crippen molar-refractivity contribution in [2.45, 2.75) is 24.6 Å². The van der Waals surface area contributed by atoms with E-state index in [0.717, 1.165) is 5.56 Å². The van der Waals surface area contributed by atoms with E-state index in [4.69, 9.17) is 0 Å². The van der Waals surface area contributed by atoms with Crippen molar-refractivity contribution in [1.82, 2.24) is 0 Å². The summed E-state index contributed by atoms with van der Waals surface area (Å²) in [5.41, 5.74) is 2.08. The molecule has 1 aromatic heterocycles. The van der Waals surface area contributed by atoms with Gasteiger partial charge in [-0.15, -0.1) is 0 Å². The van der Waals surface area contributed by atoms with Gasteiger partial charge in [0.05, 0.1) is 5.75 Å². The van der Waals surface area contributed by atoms with Crippen molar-refractivity contribution in [3.8, 4) is 0 Å². The zero-order chi connectivity index (χ0) is 14.0. The molecule has 0 bridgehead atoms. The van der Waals surface area contributed by atoms with Crippen LogP contribution in [0.2, 0.25) is 0 Å². The van der Waals surface area contributed by atoms with Gasteiger partial charge in [0.2, 0.25) is 9.84 Å². The van der Waals surface area contributed by atoms with Crippen molar-refractivity contribution in [1.29, 1.82) is 0 Å². The molecular weight excluding hydrogens is 262 g/mol. The van der Waals surface area contributed by atoms with E-state index in [0.29, 0.717) is 15.9 Å². The first-order valence-electron chi connectivity index (χ1n) is 5.88. The Balaban J connectivity index is 2.47. The smallest absolute Gasteiger partial charge is 0.311 e. The molecular formula is C14H15NO3S. The van der Waals surface area contributed by atoms with Crippen LogP contribution in [0.25, 0.3) is 0 Å². The number of benzene rings is 1. The number of pyridine rings is 1. The summed E-state index contributed by atoms with van der Waals surface area (Å²) in [5.74, 6) is -0.160. The molecule has 0 spiro atoms. The molecule has 0 saturated heterocycles. The van der Waals surface area contributed by atoms with Crippen molar-refractivity contribution in [3.63, 3.8) is 0 Å². The largest absolute Gasteiger partial charge is 0.618 e. The van der Waals surface area contributed by atoms with Crippen molar-refractivity contribution in [2.75, 3.05) is 0 Å². The Kier molecular flexibility index (Phi) is 3.57. The summed E-state index contributed by atoms with van der Waals surface area (Å²) in [4.78, 5) is 0. The van der Waals surface area contributed by atoms with Crippen LogP contribution >= 0.6 is 0 Å². The minimum Gasteiger partial charge on any atom is -0.618 e. The molecule has 0 saturated carbocycles. The number of aryl methyl sites for hydroxylation is 2. The van der Waals surface area contributed by atoms with Crippen LogP contribution in [0.4, 0.5) is 0 Å². The van der Waals surface area contributed by atoms with Gasteiger partial charge in [0.1, 0.15) is 0 Å². The minimum absolute atomic E-state index is 0.160. The Morgan fingerprint density at radius 2 is 1.68 bits per heavy atom. The van der Waals surface area contributed by atoms with E-state index in [9.17, 15) is 13.6 Å². The monoisotopic (exact) mass is 277 g/mol. The van der Waals surface area contributed by atoms with Gasteiger partial charge in [0.25, 0.3) is 0 Å². The van der Waals surface area contributed by atoms with Gasteiger partial charge in [-0.25, -0.2) is 8.42 Å². The summed E-state index contributed by atoms with van der Waals surface area (Å²) < 4.78 is 25.2. The van der Waals surface area contributed by atoms with Crippen molar-refractivity contribution in [3.05, 3.63) is 64.5 Å². The van der Waals surface area contributed by atoms with Gasteiger partial charge in [0, 0.05) is 11.6 Å². The maximum absolute atomic E-state index is 12.4. The Labute approximate surface area is 112 Å². The van der Waals surface area contributed by atoms with Crippen LogP contribution in [-0.2, 0) is 15.6 Å². The normalized spacial score (nSPS) is 11.5. The molecule has 2 aromatic rings. The number of sulfone groups is 1. The first-order chi connectivity index (χ1) is 8.92. The second kappa shape index (κ2) is 5.01. The fraction of sp³-hybridized carbons (Fsp3) is 0.214. The Hall–Kier alpha value is -1.88. The maximum atomic E-state index is 12.4. The number of nitrogens with zero attached hydrogens (tertiary/aromatic N) is 1. The van der Waals surface area contributed by atoms with E-state index < -0.39 is 9.84 Å². The molecule has 0 atom stereocenters. The van der Waals surface area contributed by atoms with E-state index in [1.54, 1.807) is 25.1 Å². The highest BCUT2D eigenvalue weighted by atomic mass is 32.2. The molecule has 4 nitrogen and oxygen atoms in total. The highest BCUT2D eigenvalue weighted by Crippen LogP contribution is 2.18. The third-order valence-electron chi connectivity index (χ3n) is 3.01. The highest BCUT2D eigenvalue weighted by Gasteiger charge is 2.27. The zero-order valence-corrected chi connectivity index (χ0v) is 11.6. The van der Waals surface area contributed by atoms with Crippen LogP contribution in [0.15, 0.2) is 47.6 Å². The van der Waals surface area contributed by atoms with Crippen LogP contribution in [0.5, 0.6) is 0 Å². The molecule has 0 radical (unpaired) electrons. The predicted molar refractivity (Wildman–Crippen MR) is 72.2 cm³/mol. The van der Waals surface area contributed by atoms with Crippen LogP contribution < -0.4 is 4.73 Å². The van der Waals surface area contributed by atoms with E-state index in [-0.39, 0.29) is 10.8 Å². The van der Waals surface area contributed by atoms with Gasteiger partial charge in [-0.3, -0.25) is 0 Å². The number of hydrogen-bond acceptors (Lipinski definition) is 3. The van der Waals surface area contributed by atoms with Gasteiger partial charge >= 0.3 is 5.03 Å². The Morgan fingerprint density at radius 3 is 2.32 bits per heavy atom. The molecule has 0 aliphatic heterocycles. The van der Waals surface area contributed by atoms with Crippen LogP contribution in [0.1, 0.15) is 16.7 Å². The van der Waals surface area contributed by atoms with E-state index in [1.807, 2.05) is 19.1 Å². The number of rotatable bonds is 3. The van der Waals surface area contributed by atoms with Crippen LogP contribution in [0, 0.1) is 19.1 Å². The quantitative estimate of drug-likeness (QED) is 0.636. The van der Waals surface area contributed by atoms with E-state index >= 15 is 0 Å². The van der Waals surface area contributed by atoms with E-state index in [2.05, 4.69) is 0 Å². The van der Waals surface area contributed by atoms with Crippen LogP contribution in [-0.4, -0.2) is 8.42 Å². The molecule has 19 heavy (non-hydrogen) atoms. The van der Waals surface area contributed by atoms with Crippen molar-refractivity contribution in [2.24, 2.45) is 0 Å². The summed E-state index contributed by atoms with van der Waals surface area (Å²) in [5, 5.41) is 11.5. The van der Waals surface area contributed by atoms with Gasteiger partial charge in [-0.05, 0) is 31.0 Å². The molecule has 100 valence electrons. The van der Waals surface area contributed by atoms with Crippen LogP contribution in [0.3, 0.4) is 0 Å². The van der Waals surface area contributed by atoms with Gasteiger partial charge < -0.3 is 5.21 Å². The molecule has 0 unspecified atom stereocenters. The first kappa shape index (κ1) is 13.5. The average molecular weight is 277 g/mol. The van der Waals surface area contributed by atoms with Crippen molar-refractivity contribution < 1.29 is 13.1 Å². The predicted octanol–water partition coefficient (Wildman–Crippen LogP) is 1.91. The topological polar surface area (TPSA) is 61.1 Å². The number of hydrogen-bond donors (Lipinski definition) is 0. The molecule has 0 aliphatic rings. The summed E-state index contributed by atoms with van der Waals surface area (Å²) in [7, 11) is -3.65. The second-order valence-corrected chi connectivity index (χ2v) is 6.41. The lowest BCUT2D eigenvalue weighted by Crippen LogP contribution is -2.35. The molecule has 1 heterocycles. The fourth-order valence-electron chi connectivity index (χ4n) is 2.01. The number of aromatic nitrogens is 1. The maximum Gasteiger partial charge on any atom is 0.311 e. The summed E-state index contributed by atoms with van der Waals surface area (Å²) in [6.45, 7) is 3.48. The molecule has 1 aromatic carbocycles. The second-order valence-electron chi connectivity index (χ2n) is 4.51. The van der Waals surface area contributed by atoms with Crippen molar-refractivity contribution >= 4 is 9.84 Å².